The Morgan fingerprint density at radius 2 is 2.07 bits per heavy atom. The highest BCUT2D eigenvalue weighted by molar-refractivity contribution is 6.32. The number of halogens is 4. The van der Waals surface area contributed by atoms with E-state index in [-0.39, 0.29) is 10.8 Å². The molecule has 0 atom stereocenters. The summed E-state index contributed by atoms with van der Waals surface area (Å²) in [5.41, 5.74) is -0.806. The number of quaternary nitrogens is 1. The molecule has 10 heteroatoms. The molecule has 0 spiro atoms. The van der Waals surface area contributed by atoms with E-state index in [9.17, 15) is 18.0 Å². The molecule has 0 aromatic carbocycles. The maximum absolute atomic E-state index is 12.7. The van der Waals surface area contributed by atoms with E-state index < -0.39 is 17.7 Å². The summed E-state index contributed by atoms with van der Waals surface area (Å²) in [7, 11) is 1.29. The quantitative estimate of drug-likeness (QED) is 0.782. The van der Waals surface area contributed by atoms with Crippen LogP contribution in [0.1, 0.15) is 21.9 Å². The lowest BCUT2D eigenvalue weighted by atomic mass is 10.2. The molecule has 0 amide bonds. The van der Waals surface area contributed by atoms with Crippen LogP contribution < -0.4 is 14.8 Å². The molecule has 1 aliphatic rings. The Morgan fingerprint density at radius 1 is 1.37 bits per heavy atom. The molecule has 2 N–H and O–H groups in total. The minimum Gasteiger partial charge on any atom is -0.463 e. The Balaban J connectivity index is 1.59. The van der Waals surface area contributed by atoms with Crippen molar-refractivity contribution in [1.82, 2.24) is 0 Å². The Morgan fingerprint density at radius 3 is 2.67 bits per heavy atom. The second-order valence-corrected chi connectivity index (χ2v) is 6.66. The van der Waals surface area contributed by atoms with Gasteiger partial charge in [-0.2, -0.15) is 13.2 Å². The summed E-state index contributed by atoms with van der Waals surface area (Å²) in [6.07, 6.45) is -3.51. The predicted molar refractivity (Wildman–Crippen MR) is 89.7 cm³/mol. The van der Waals surface area contributed by atoms with Crippen LogP contribution in [0.2, 0.25) is 5.02 Å². The van der Waals surface area contributed by atoms with Gasteiger partial charge < -0.3 is 14.1 Å². The van der Waals surface area contributed by atoms with Gasteiger partial charge in [0, 0.05) is 0 Å². The van der Waals surface area contributed by atoms with Gasteiger partial charge in [-0.15, -0.1) is 0 Å². The van der Waals surface area contributed by atoms with Crippen molar-refractivity contribution in [3.8, 4) is 0 Å². The van der Waals surface area contributed by atoms with Crippen molar-refractivity contribution < 1.29 is 37.0 Å². The third kappa shape index (κ3) is 4.54. The monoisotopic (exact) mass is 405 g/mol. The first-order valence-corrected chi connectivity index (χ1v) is 8.69. The lowest BCUT2D eigenvalue weighted by Gasteiger charge is -2.28. The van der Waals surface area contributed by atoms with E-state index in [1.807, 2.05) is 4.90 Å². The number of hydrogen-bond donors (Lipinski definition) is 1. The fourth-order valence-corrected chi connectivity index (χ4v) is 3.31. The van der Waals surface area contributed by atoms with E-state index in [1.54, 1.807) is 12.1 Å². The van der Waals surface area contributed by atoms with Gasteiger partial charge in [0.25, 0.3) is 5.82 Å². The second kappa shape index (κ2) is 7.77. The third-order valence-electron chi connectivity index (χ3n) is 4.46. The maximum atomic E-state index is 12.7. The number of aromatic amines is 1. The average Bonchev–Trinajstić information content (AvgIpc) is 3.09. The van der Waals surface area contributed by atoms with Crippen LogP contribution in [-0.4, -0.2) is 39.3 Å². The topological polar surface area (TPSA) is 61.3 Å². The van der Waals surface area contributed by atoms with Gasteiger partial charge in [0.2, 0.25) is 5.76 Å². The van der Waals surface area contributed by atoms with Crippen LogP contribution in [-0.2, 0) is 17.5 Å². The summed E-state index contributed by atoms with van der Waals surface area (Å²) in [6, 6.07) is 4.25. The molecular weight excluding hydrogens is 387 g/mol. The maximum Gasteiger partial charge on any atom is 0.419 e. The lowest BCUT2D eigenvalue weighted by molar-refractivity contribution is -0.915. The average molecular weight is 406 g/mol. The minimum absolute atomic E-state index is 0.0435. The number of aromatic nitrogens is 1. The summed E-state index contributed by atoms with van der Waals surface area (Å²) >= 11 is 6.04. The number of nitrogens with zero attached hydrogens (tertiary/aromatic N) is 1. The van der Waals surface area contributed by atoms with E-state index in [1.165, 1.54) is 12.0 Å². The second-order valence-electron chi connectivity index (χ2n) is 6.25. The SMILES string of the molecule is COC(=O)c1ccc(C[NH+]2CCN(c3[nH+]cc(C(F)(F)F)cc3Cl)CC2)o1. The Hall–Kier alpha value is -2.26. The Bertz CT molecular complexity index is 817. The number of piperazine rings is 1. The first kappa shape index (κ1) is 19.5. The fraction of sp³-hybridized carbons (Fsp3) is 0.412. The van der Waals surface area contributed by atoms with Crippen LogP contribution in [0.25, 0.3) is 0 Å². The summed E-state index contributed by atoms with van der Waals surface area (Å²) in [5.74, 6) is 0.804. The Kier molecular flexibility index (Phi) is 5.61. The van der Waals surface area contributed by atoms with Gasteiger partial charge in [-0.05, 0) is 18.2 Å². The molecule has 0 radical (unpaired) electrons. The number of anilines is 1. The highest BCUT2D eigenvalue weighted by Gasteiger charge is 2.35. The first-order valence-electron chi connectivity index (χ1n) is 8.32. The molecule has 6 nitrogen and oxygen atoms in total. The lowest BCUT2D eigenvalue weighted by Crippen LogP contribution is -3.13. The van der Waals surface area contributed by atoms with Gasteiger partial charge in [-0.1, -0.05) is 11.6 Å². The molecule has 146 valence electrons. The van der Waals surface area contributed by atoms with Crippen molar-refractivity contribution in [3.05, 3.63) is 46.5 Å². The van der Waals surface area contributed by atoms with E-state index in [0.29, 0.717) is 31.2 Å². The Labute approximate surface area is 158 Å². The van der Waals surface area contributed by atoms with Gasteiger partial charge >= 0.3 is 12.1 Å². The number of alkyl halides is 3. The molecule has 2 aromatic rings. The number of esters is 1. The highest BCUT2D eigenvalue weighted by atomic mass is 35.5. The van der Waals surface area contributed by atoms with Crippen LogP contribution in [0.15, 0.2) is 28.8 Å². The van der Waals surface area contributed by atoms with E-state index >= 15 is 0 Å². The number of carbonyl (C=O) groups excluding carboxylic acids is 1. The first-order chi connectivity index (χ1) is 12.8. The van der Waals surface area contributed by atoms with Crippen molar-refractivity contribution in [2.75, 3.05) is 38.2 Å². The van der Waals surface area contributed by atoms with E-state index in [2.05, 4.69) is 9.72 Å². The van der Waals surface area contributed by atoms with Gasteiger partial charge in [0.05, 0.1) is 12.7 Å². The molecule has 1 saturated heterocycles. The molecule has 0 aliphatic carbocycles. The molecule has 27 heavy (non-hydrogen) atoms. The van der Waals surface area contributed by atoms with Gasteiger partial charge in [-0.25, -0.2) is 14.7 Å². The van der Waals surface area contributed by atoms with Crippen LogP contribution in [0.3, 0.4) is 0 Å². The molecule has 1 aliphatic heterocycles. The zero-order chi connectivity index (χ0) is 19.6. The molecule has 0 saturated carbocycles. The summed E-state index contributed by atoms with van der Waals surface area (Å²) in [4.78, 5) is 17.2. The molecule has 3 heterocycles. The zero-order valence-corrected chi connectivity index (χ0v) is 15.3. The number of furan rings is 1. The fourth-order valence-electron chi connectivity index (χ4n) is 3.02. The van der Waals surface area contributed by atoms with Crippen LogP contribution in [0.4, 0.5) is 19.0 Å². The smallest absolute Gasteiger partial charge is 0.419 e. The molecular formula is C17H19ClF3N3O3+2. The number of rotatable bonds is 4. The van der Waals surface area contributed by atoms with Gasteiger partial charge in [0.15, 0.2) is 5.76 Å². The van der Waals surface area contributed by atoms with Crippen molar-refractivity contribution >= 4 is 23.4 Å². The van der Waals surface area contributed by atoms with Crippen molar-refractivity contribution in [1.29, 1.82) is 0 Å². The third-order valence-corrected chi connectivity index (χ3v) is 4.75. The number of ether oxygens (including phenoxy) is 1. The molecule has 0 unspecified atom stereocenters. The summed E-state index contributed by atoms with van der Waals surface area (Å²) < 4.78 is 48.3. The molecule has 0 bridgehead atoms. The number of H-pyrrole nitrogens is 1. The van der Waals surface area contributed by atoms with Gasteiger partial charge in [-0.3, -0.25) is 0 Å². The van der Waals surface area contributed by atoms with Crippen molar-refractivity contribution in [2.45, 2.75) is 12.7 Å². The van der Waals surface area contributed by atoms with Crippen molar-refractivity contribution in [3.63, 3.8) is 0 Å². The highest BCUT2D eigenvalue weighted by Crippen LogP contribution is 2.32. The normalized spacial score (nSPS) is 15.8. The van der Waals surface area contributed by atoms with E-state index in [0.717, 1.165) is 25.4 Å². The van der Waals surface area contributed by atoms with Crippen LogP contribution in [0.5, 0.6) is 0 Å². The van der Waals surface area contributed by atoms with Gasteiger partial charge in [0.1, 0.15) is 43.9 Å². The van der Waals surface area contributed by atoms with Crippen LogP contribution in [0, 0.1) is 0 Å². The standard InChI is InChI=1S/C17H17ClF3N3O3/c1-26-16(25)14-3-2-12(27-14)10-23-4-6-24(7-5-23)15-13(18)8-11(9-22-15)17(19,20)21/h2-3,8-9H,4-7,10H2,1H3/p+2. The number of hydrogen-bond acceptors (Lipinski definition) is 4. The zero-order valence-electron chi connectivity index (χ0n) is 14.5. The number of nitrogens with one attached hydrogen (secondary N) is 2. The minimum atomic E-state index is -4.44. The molecule has 1 fully saturated rings. The summed E-state index contributed by atoms with van der Waals surface area (Å²) in [6.45, 7) is 3.36. The van der Waals surface area contributed by atoms with Crippen LogP contribution >= 0.6 is 11.6 Å². The largest absolute Gasteiger partial charge is 0.463 e. The van der Waals surface area contributed by atoms with E-state index in [4.69, 9.17) is 16.0 Å². The summed E-state index contributed by atoms with van der Waals surface area (Å²) in [5, 5.41) is 0.0435. The predicted octanol–water partition coefficient (Wildman–Crippen LogP) is 1.46. The molecule has 3 rings (SSSR count). The molecule has 2 aromatic heterocycles. The van der Waals surface area contributed by atoms with Crippen molar-refractivity contribution in [2.24, 2.45) is 0 Å². The number of pyridine rings is 1. The number of carbonyl (C=O) groups is 1. The number of methoxy groups -OCH3 is 1.